The highest BCUT2D eigenvalue weighted by atomic mass is 16.5. The quantitative estimate of drug-likeness (QED) is 0.866. The van der Waals surface area contributed by atoms with Gasteiger partial charge in [-0.05, 0) is 25.5 Å². The number of aromatic carboxylic acids is 1. The van der Waals surface area contributed by atoms with Gasteiger partial charge in [0.25, 0.3) is 0 Å². The minimum absolute atomic E-state index is 0.00897. The second kappa shape index (κ2) is 5.92. The number of hydrogen-bond acceptors (Lipinski definition) is 3. The molecule has 1 atom stereocenters. The maximum absolute atomic E-state index is 12.2. The fraction of sp³-hybridized carbons (Fsp3) is 0.429. The smallest absolute Gasteiger partial charge is 0.337 e. The number of nitrogens with zero attached hydrogens (tertiary/aromatic N) is 1. The van der Waals surface area contributed by atoms with Gasteiger partial charge in [0.1, 0.15) is 0 Å². The summed E-state index contributed by atoms with van der Waals surface area (Å²) in [6, 6.07) is 4.61. The van der Waals surface area contributed by atoms with Crippen molar-refractivity contribution in [1.82, 2.24) is 4.90 Å². The van der Waals surface area contributed by atoms with E-state index in [-0.39, 0.29) is 17.7 Å². The van der Waals surface area contributed by atoms with Crippen LogP contribution in [0.3, 0.4) is 0 Å². The molecule has 1 fully saturated rings. The van der Waals surface area contributed by atoms with Gasteiger partial charge in [0.2, 0.25) is 0 Å². The first-order valence-electron chi connectivity index (χ1n) is 6.49. The van der Waals surface area contributed by atoms with Crippen molar-refractivity contribution in [1.29, 1.82) is 0 Å². The SMILES string of the molecule is Cc1cccc(C(=O)O)c1NC(=O)N1CCOC(C)C1. The summed E-state index contributed by atoms with van der Waals surface area (Å²) in [4.78, 5) is 25.0. The monoisotopic (exact) mass is 278 g/mol. The molecule has 1 aliphatic heterocycles. The standard InChI is InChI=1S/C14H18N2O4/c1-9-4-3-5-11(13(17)18)12(9)15-14(19)16-6-7-20-10(2)8-16/h3-5,10H,6-8H2,1-2H3,(H,15,19)(H,17,18). The summed E-state index contributed by atoms with van der Waals surface area (Å²) >= 11 is 0. The second-order valence-electron chi connectivity index (χ2n) is 4.86. The van der Waals surface area contributed by atoms with Gasteiger partial charge >= 0.3 is 12.0 Å². The van der Waals surface area contributed by atoms with E-state index in [4.69, 9.17) is 4.74 Å². The molecular weight excluding hydrogens is 260 g/mol. The van der Waals surface area contributed by atoms with Gasteiger partial charge in [-0.2, -0.15) is 0 Å². The van der Waals surface area contributed by atoms with E-state index in [1.165, 1.54) is 6.07 Å². The predicted octanol–water partition coefficient (Wildman–Crippen LogP) is 1.95. The molecule has 1 unspecified atom stereocenters. The van der Waals surface area contributed by atoms with Gasteiger partial charge < -0.3 is 20.1 Å². The molecule has 0 bridgehead atoms. The average molecular weight is 278 g/mol. The predicted molar refractivity (Wildman–Crippen MR) is 74.1 cm³/mol. The molecule has 108 valence electrons. The van der Waals surface area contributed by atoms with Gasteiger partial charge in [0.15, 0.2) is 0 Å². The first-order valence-corrected chi connectivity index (χ1v) is 6.49. The highest BCUT2D eigenvalue weighted by molar-refractivity contribution is 6.01. The Bertz CT molecular complexity index is 530. The zero-order chi connectivity index (χ0) is 14.7. The van der Waals surface area contributed by atoms with Crippen molar-refractivity contribution in [2.75, 3.05) is 25.0 Å². The molecule has 6 nitrogen and oxygen atoms in total. The van der Waals surface area contributed by atoms with Crippen molar-refractivity contribution in [3.8, 4) is 0 Å². The molecule has 1 aliphatic rings. The van der Waals surface area contributed by atoms with Crippen LogP contribution in [0.5, 0.6) is 0 Å². The molecule has 0 spiro atoms. The number of morpholine rings is 1. The van der Waals surface area contributed by atoms with Crippen molar-refractivity contribution in [2.45, 2.75) is 20.0 Å². The van der Waals surface area contributed by atoms with Crippen LogP contribution in [0, 0.1) is 6.92 Å². The molecule has 2 N–H and O–H groups in total. The minimum atomic E-state index is -1.06. The number of rotatable bonds is 2. The summed E-state index contributed by atoms with van der Waals surface area (Å²) in [5.41, 5.74) is 1.17. The zero-order valence-electron chi connectivity index (χ0n) is 11.5. The van der Waals surface area contributed by atoms with E-state index >= 15 is 0 Å². The Hall–Kier alpha value is -2.08. The van der Waals surface area contributed by atoms with Gasteiger partial charge in [-0.1, -0.05) is 12.1 Å². The summed E-state index contributed by atoms with van der Waals surface area (Å²) in [5.74, 6) is -1.06. The fourth-order valence-electron chi connectivity index (χ4n) is 2.20. The Labute approximate surface area is 117 Å². The number of amides is 2. The molecule has 0 saturated carbocycles. The van der Waals surface area contributed by atoms with Crippen LogP contribution < -0.4 is 5.32 Å². The molecule has 20 heavy (non-hydrogen) atoms. The maximum Gasteiger partial charge on any atom is 0.337 e. The Kier molecular flexibility index (Phi) is 4.24. The van der Waals surface area contributed by atoms with Gasteiger partial charge in [-0.15, -0.1) is 0 Å². The van der Waals surface area contributed by atoms with E-state index < -0.39 is 5.97 Å². The lowest BCUT2D eigenvalue weighted by atomic mass is 10.1. The number of carboxylic acids is 1. The summed E-state index contributed by atoms with van der Waals surface area (Å²) in [5, 5.41) is 11.9. The summed E-state index contributed by atoms with van der Waals surface area (Å²) < 4.78 is 5.38. The van der Waals surface area contributed by atoms with Gasteiger partial charge in [-0.3, -0.25) is 0 Å². The van der Waals surface area contributed by atoms with Gasteiger partial charge in [0, 0.05) is 13.1 Å². The maximum atomic E-state index is 12.2. The van der Waals surface area contributed by atoms with Gasteiger partial charge in [-0.25, -0.2) is 9.59 Å². The zero-order valence-corrected chi connectivity index (χ0v) is 11.5. The molecular formula is C14H18N2O4. The fourth-order valence-corrected chi connectivity index (χ4v) is 2.20. The highest BCUT2D eigenvalue weighted by Gasteiger charge is 2.23. The minimum Gasteiger partial charge on any atom is -0.478 e. The lowest BCUT2D eigenvalue weighted by Gasteiger charge is -2.31. The number of ether oxygens (including phenoxy) is 1. The van der Waals surface area contributed by atoms with E-state index in [1.807, 2.05) is 6.92 Å². The summed E-state index contributed by atoms with van der Waals surface area (Å²) in [7, 11) is 0. The lowest BCUT2D eigenvalue weighted by Crippen LogP contribution is -2.46. The number of hydrogen-bond donors (Lipinski definition) is 2. The highest BCUT2D eigenvalue weighted by Crippen LogP contribution is 2.21. The van der Waals surface area contributed by atoms with Crippen LogP contribution in [0.15, 0.2) is 18.2 Å². The van der Waals surface area contributed by atoms with Crippen molar-refractivity contribution in [3.63, 3.8) is 0 Å². The first kappa shape index (κ1) is 14.3. The Morgan fingerprint density at radius 2 is 2.20 bits per heavy atom. The van der Waals surface area contributed by atoms with E-state index in [9.17, 15) is 14.7 Å². The van der Waals surface area contributed by atoms with E-state index in [1.54, 1.807) is 24.0 Å². The van der Waals surface area contributed by atoms with Gasteiger partial charge in [0.05, 0.1) is 24.0 Å². The third kappa shape index (κ3) is 3.08. The third-order valence-electron chi connectivity index (χ3n) is 3.26. The molecule has 1 aromatic rings. The van der Waals surface area contributed by atoms with Crippen LogP contribution in [-0.4, -0.2) is 47.8 Å². The van der Waals surface area contributed by atoms with Crippen molar-refractivity contribution in [2.24, 2.45) is 0 Å². The number of carbonyl (C=O) groups is 2. The Morgan fingerprint density at radius 3 is 2.85 bits per heavy atom. The number of para-hydroxylation sites is 1. The van der Waals surface area contributed by atoms with Crippen LogP contribution in [0.25, 0.3) is 0 Å². The number of carboxylic acid groups (broad SMARTS) is 1. The van der Waals surface area contributed by atoms with Crippen LogP contribution >= 0.6 is 0 Å². The number of aryl methyl sites for hydroxylation is 1. The first-order chi connectivity index (χ1) is 9.49. The number of carbonyl (C=O) groups excluding carboxylic acids is 1. The Morgan fingerprint density at radius 1 is 1.45 bits per heavy atom. The van der Waals surface area contributed by atoms with E-state index in [0.717, 1.165) is 5.56 Å². The Balaban J connectivity index is 2.17. The molecule has 2 rings (SSSR count). The number of anilines is 1. The number of benzene rings is 1. The molecule has 6 heteroatoms. The number of nitrogens with one attached hydrogen (secondary N) is 1. The molecule has 2 amide bonds. The molecule has 0 aliphatic carbocycles. The van der Waals surface area contributed by atoms with Crippen LogP contribution in [-0.2, 0) is 4.74 Å². The summed E-state index contributed by atoms with van der Waals surface area (Å²) in [6.07, 6.45) is -0.00897. The molecule has 1 heterocycles. The van der Waals surface area contributed by atoms with Crippen LogP contribution in [0.1, 0.15) is 22.8 Å². The number of urea groups is 1. The largest absolute Gasteiger partial charge is 0.478 e. The normalized spacial score (nSPS) is 18.7. The van der Waals surface area contributed by atoms with Crippen LogP contribution in [0.4, 0.5) is 10.5 Å². The van der Waals surface area contributed by atoms with Crippen molar-refractivity contribution >= 4 is 17.7 Å². The van der Waals surface area contributed by atoms with Crippen LogP contribution in [0.2, 0.25) is 0 Å². The molecule has 1 aromatic carbocycles. The summed E-state index contributed by atoms with van der Waals surface area (Å²) in [6.45, 7) is 5.17. The van der Waals surface area contributed by atoms with E-state index in [2.05, 4.69) is 5.32 Å². The lowest BCUT2D eigenvalue weighted by molar-refractivity contribution is -0.00139. The van der Waals surface area contributed by atoms with Crippen molar-refractivity contribution < 1.29 is 19.4 Å². The van der Waals surface area contributed by atoms with Crippen molar-refractivity contribution in [3.05, 3.63) is 29.3 Å². The topological polar surface area (TPSA) is 78.9 Å². The van der Waals surface area contributed by atoms with E-state index in [0.29, 0.717) is 25.4 Å². The third-order valence-corrected chi connectivity index (χ3v) is 3.26. The molecule has 1 saturated heterocycles. The second-order valence-corrected chi connectivity index (χ2v) is 4.86. The molecule has 0 radical (unpaired) electrons. The molecule has 0 aromatic heterocycles. The average Bonchev–Trinajstić information content (AvgIpc) is 2.40.